The van der Waals surface area contributed by atoms with E-state index >= 15 is 0 Å². The smallest absolute Gasteiger partial charge is 0.247 e. The molecule has 1 aliphatic carbocycles. The van der Waals surface area contributed by atoms with Gasteiger partial charge in [0.25, 0.3) is 0 Å². The van der Waals surface area contributed by atoms with Crippen LogP contribution in [0.15, 0.2) is 11.6 Å². The van der Waals surface area contributed by atoms with Crippen molar-refractivity contribution >= 4 is 5.91 Å². The van der Waals surface area contributed by atoms with Gasteiger partial charge in [-0.1, -0.05) is 18.6 Å². The van der Waals surface area contributed by atoms with Crippen molar-refractivity contribution in [3.05, 3.63) is 11.6 Å². The van der Waals surface area contributed by atoms with Crippen molar-refractivity contribution in [2.24, 2.45) is 17.6 Å². The standard InChI is InChI=1S/C14H24N2O2/c1-10-4-3-5-11(2)12(10)8-16-6-7-18-13(9-16)14(15)17/h4,11-13H,3,5-9H2,1-2H3,(H2,15,17). The van der Waals surface area contributed by atoms with Gasteiger partial charge >= 0.3 is 0 Å². The van der Waals surface area contributed by atoms with Crippen molar-refractivity contribution in [1.82, 2.24) is 4.90 Å². The van der Waals surface area contributed by atoms with Crippen molar-refractivity contribution in [3.8, 4) is 0 Å². The lowest BCUT2D eigenvalue weighted by atomic mass is 9.79. The molecule has 0 aromatic heterocycles. The third-order valence-corrected chi connectivity index (χ3v) is 4.28. The van der Waals surface area contributed by atoms with Gasteiger partial charge in [-0.15, -0.1) is 0 Å². The van der Waals surface area contributed by atoms with Crippen molar-refractivity contribution < 1.29 is 9.53 Å². The number of nitrogens with zero attached hydrogens (tertiary/aromatic N) is 1. The second-order valence-electron chi connectivity index (χ2n) is 5.63. The fraction of sp³-hybridized carbons (Fsp3) is 0.786. The Hall–Kier alpha value is -0.870. The number of carbonyl (C=O) groups excluding carboxylic acids is 1. The number of ether oxygens (including phenoxy) is 1. The van der Waals surface area contributed by atoms with E-state index in [9.17, 15) is 4.79 Å². The summed E-state index contributed by atoms with van der Waals surface area (Å²) in [5, 5.41) is 0. The number of amides is 1. The molecule has 18 heavy (non-hydrogen) atoms. The maximum absolute atomic E-state index is 11.2. The topological polar surface area (TPSA) is 55.6 Å². The van der Waals surface area contributed by atoms with Gasteiger partial charge in [-0.3, -0.25) is 9.69 Å². The van der Waals surface area contributed by atoms with Crippen molar-refractivity contribution in [3.63, 3.8) is 0 Å². The Morgan fingerprint density at radius 1 is 1.61 bits per heavy atom. The van der Waals surface area contributed by atoms with E-state index in [1.807, 2.05) is 0 Å². The second-order valence-corrected chi connectivity index (χ2v) is 5.63. The Balaban J connectivity index is 1.94. The molecule has 102 valence electrons. The minimum atomic E-state index is -0.429. The minimum Gasteiger partial charge on any atom is -0.367 e. The number of nitrogens with two attached hydrogens (primary N) is 1. The lowest BCUT2D eigenvalue weighted by Gasteiger charge is -2.37. The van der Waals surface area contributed by atoms with Crippen molar-refractivity contribution in [1.29, 1.82) is 0 Å². The van der Waals surface area contributed by atoms with E-state index in [2.05, 4.69) is 24.8 Å². The highest BCUT2D eigenvalue weighted by atomic mass is 16.5. The van der Waals surface area contributed by atoms with Crippen molar-refractivity contribution in [2.45, 2.75) is 32.8 Å². The summed E-state index contributed by atoms with van der Waals surface area (Å²) in [6.07, 6.45) is 4.40. The zero-order chi connectivity index (χ0) is 13.1. The molecule has 0 radical (unpaired) electrons. The Kier molecular flexibility index (Phi) is 4.40. The molecule has 1 fully saturated rings. The summed E-state index contributed by atoms with van der Waals surface area (Å²) in [7, 11) is 0. The lowest BCUT2D eigenvalue weighted by Crippen LogP contribution is -2.50. The summed E-state index contributed by atoms with van der Waals surface area (Å²) in [5.74, 6) is 0.999. The predicted octanol–water partition coefficient (Wildman–Crippen LogP) is 1.16. The van der Waals surface area contributed by atoms with Crippen LogP contribution in [0.5, 0.6) is 0 Å². The Morgan fingerprint density at radius 3 is 3.06 bits per heavy atom. The Labute approximate surface area is 109 Å². The molecule has 1 aliphatic heterocycles. The van der Waals surface area contributed by atoms with Gasteiger partial charge in [0.05, 0.1) is 6.61 Å². The Bertz CT molecular complexity index is 341. The minimum absolute atomic E-state index is 0.344. The normalized spacial score (nSPS) is 34.1. The van der Waals surface area contributed by atoms with Crippen LogP contribution in [0, 0.1) is 11.8 Å². The van der Waals surface area contributed by atoms with Crippen LogP contribution >= 0.6 is 0 Å². The quantitative estimate of drug-likeness (QED) is 0.767. The molecule has 0 saturated carbocycles. The summed E-state index contributed by atoms with van der Waals surface area (Å²) in [4.78, 5) is 13.5. The maximum atomic E-state index is 11.2. The molecule has 3 unspecified atom stereocenters. The number of primary amides is 1. The van der Waals surface area contributed by atoms with Crippen LogP contribution in [-0.4, -0.2) is 43.2 Å². The molecule has 2 aliphatic rings. The monoisotopic (exact) mass is 252 g/mol. The number of rotatable bonds is 3. The molecule has 1 amide bonds. The predicted molar refractivity (Wildman–Crippen MR) is 71.0 cm³/mol. The van der Waals surface area contributed by atoms with Gasteiger partial charge in [0.2, 0.25) is 5.91 Å². The zero-order valence-corrected chi connectivity index (χ0v) is 11.4. The number of hydrogen-bond acceptors (Lipinski definition) is 3. The lowest BCUT2D eigenvalue weighted by molar-refractivity contribution is -0.135. The van der Waals surface area contributed by atoms with E-state index < -0.39 is 6.10 Å². The Morgan fingerprint density at radius 2 is 2.39 bits per heavy atom. The summed E-state index contributed by atoms with van der Waals surface area (Å²) in [6, 6.07) is 0. The SMILES string of the molecule is CC1=CCCC(C)C1CN1CCOC(C(N)=O)C1. The van der Waals surface area contributed by atoms with E-state index in [4.69, 9.17) is 10.5 Å². The first-order valence-electron chi connectivity index (χ1n) is 6.88. The molecule has 1 saturated heterocycles. The molecule has 1 heterocycles. The third-order valence-electron chi connectivity index (χ3n) is 4.28. The fourth-order valence-electron chi connectivity index (χ4n) is 3.02. The van der Waals surface area contributed by atoms with E-state index in [1.54, 1.807) is 0 Å². The molecule has 2 N–H and O–H groups in total. The van der Waals surface area contributed by atoms with Crippen LogP contribution in [0.1, 0.15) is 26.7 Å². The summed E-state index contributed by atoms with van der Waals surface area (Å²) < 4.78 is 5.38. The van der Waals surface area contributed by atoms with Gasteiger partial charge in [-0.05, 0) is 31.6 Å². The molecule has 0 bridgehead atoms. The molecular formula is C14H24N2O2. The summed E-state index contributed by atoms with van der Waals surface area (Å²) in [6.45, 7) is 7.74. The number of morpholine rings is 1. The van der Waals surface area contributed by atoms with Gasteiger partial charge in [0.1, 0.15) is 6.10 Å². The average molecular weight is 252 g/mol. The van der Waals surface area contributed by atoms with Crippen LogP contribution in [0.4, 0.5) is 0 Å². The highest BCUT2D eigenvalue weighted by molar-refractivity contribution is 5.79. The number of hydrogen-bond donors (Lipinski definition) is 1. The summed E-state index contributed by atoms with van der Waals surface area (Å²) in [5.41, 5.74) is 6.81. The molecule has 4 heteroatoms. The molecule has 0 spiro atoms. The van der Waals surface area contributed by atoms with Crippen molar-refractivity contribution in [2.75, 3.05) is 26.2 Å². The average Bonchev–Trinajstić information content (AvgIpc) is 2.34. The summed E-state index contributed by atoms with van der Waals surface area (Å²) >= 11 is 0. The van der Waals surface area contributed by atoms with Crippen LogP contribution < -0.4 is 5.73 Å². The molecular weight excluding hydrogens is 228 g/mol. The van der Waals surface area contributed by atoms with Gasteiger partial charge < -0.3 is 10.5 Å². The first-order chi connectivity index (χ1) is 8.58. The van der Waals surface area contributed by atoms with E-state index in [0.29, 0.717) is 19.1 Å². The van der Waals surface area contributed by atoms with Gasteiger partial charge in [-0.2, -0.15) is 0 Å². The van der Waals surface area contributed by atoms with Crippen LogP contribution in [0.2, 0.25) is 0 Å². The first-order valence-corrected chi connectivity index (χ1v) is 6.88. The zero-order valence-electron chi connectivity index (χ0n) is 11.4. The van der Waals surface area contributed by atoms with Gasteiger partial charge in [0, 0.05) is 19.6 Å². The maximum Gasteiger partial charge on any atom is 0.247 e. The highest BCUT2D eigenvalue weighted by Gasteiger charge is 2.29. The van der Waals surface area contributed by atoms with E-state index in [0.717, 1.165) is 19.0 Å². The van der Waals surface area contributed by atoms with Gasteiger partial charge in [0.15, 0.2) is 0 Å². The molecule has 3 atom stereocenters. The third kappa shape index (κ3) is 3.12. The van der Waals surface area contributed by atoms with Gasteiger partial charge in [-0.25, -0.2) is 0 Å². The largest absolute Gasteiger partial charge is 0.367 e. The number of allylic oxidation sites excluding steroid dienone is 1. The molecule has 2 rings (SSSR count). The van der Waals surface area contributed by atoms with E-state index in [-0.39, 0.29) is 5.91 Å². The first kappa shape index (κ1) is 13.6. The molecule has 0 aromatic carbocycles. The molecule has 0 aromatic rings. The van der Waals surface area contributed by atoms with Crippen LogP contribution in [0.3, 0.4) is 0 Å². The van der Waals surface area contributed by atoms with Crippen LogP contribution in [-0.2, 0) is 9.53 Å². The van der Waals surface area contributed by atoms with Crippen LogP contribution in [0.25, 0.3) is 0 Å². The second kappa shape index (κ2) is 5.85. The number of carbonyl (C=O) groups is 1. The highest BCUT2D eigenvalue weighted by Crippen LogP contribution is 2.31. The molecule has 4 nitrogen and oxygen atoms in total. The fourth-order valence-corrected chi connectivity index (χ4v) is 3.02. The van der Waals surface area contributed by atoms with E-state index in [1.165, 1.54) is 18.4 Å².